The van der Waals surface area contributed by atoms with Gasteiger partial charge in [0.1, 0.15) is 11.3 Å². The van der Waals surface area contributed by atoms with Gasteiger partial charge in [-0.1, -0.05) is 30.3 Å². The van der Waals surface area contributed by atoms with E-state index in [2.05, 4.69) is 34.1 Å². The van der Waals surface area contributed by atoms with Crippen LogP contribution >= 0.6 is 0 Å². The van der Waals surface area contributed by atoms with E-state index in [0.717, 1.165) is 43.7 Å². The van der Waals surface area contributed by atoms with Crippen molar-refractivity contribution in [1.82, 2.24) is 9.80 Å². The number of aromatic hydroxyl groups is 1. The lowest BCUT2D eigenvalue weighted by molar-refractivity contribution is 0.122. The van der Waals surface area contributed by atoms with Crippen LogP contribution in [0.3, 0.4) is 0 Å². The fourth-order valence-corrected chi connectivity index (χ4v) is 3.54. The molecule has 0 saturated carbocycles. The van der Waals surface area contributed by atoms with Crippen molar-refractivity contribution in [3.63, 3.8) is 0 Å². The van der Waals surface area contributed by atoms with Crippen molar-refractivity contribution in [3.05, 3.63) is 76.1 Å². The fraction of sp³-hybridized carbons (Fsp3) is 0.286. The van der Waals surface area contributed by atoms with E-state index in [-0.39, 0.29) is 11.4 Å². The molecule has 1 N–H and O–H groups in total. The van der Waals surface area contributed by atoms with E-state index in [4.69, 9.17) is 4.42 Å². The molecule has 0 aliphatic carbocycles. The molecule has 5 nitrogen and oxygen atoms in total. The van der Waals surface area contributed by atoms with Crippen molar-refractivity contribution >= 4 is 11.0 Å². The van der Waals surface area contributed by atoms with Crippen molar-refractivity contribution in [2.24, 2.45) is 0 Å². The lowest BCUT2D eigenvalue weighted by Gasteiger charge is -2.34. The normalized spacial score (nSPS) is 16.2. The van der Waals surface area contributed by atoms with Crippen LogP contribution in [-0.2, 0) is 13.1 Å². The van der Waals surface area contributed by atoms with Gasteiger partial charge in [-0.2, -0.15) is 0 Å². The van der Waals surface area contributed by atoms with Gasteiger partial charge in [0.15, 0.2) is 0 Å². The van der Waals surface area contributed by atoms with Crippen LogP contribution in [0.1, 0.15) is 11.1 Å². The summed E-state index contributed by atoms with van der Waals surface area (Å²) in [6.07, 6.45) is 0. The van der Waals surface area contributed by atoms with Crippen LogP contribution in [0.15, 0.2) is 63.8 Å². The summed E-state index contributed by atoms with van der Waals surface area (Å²) in [7, 11) is 0. The number of phenols is 1. The lowest BCUT2D eigenvalue weighted by atomic mass is 10.1. The summed E-state index contributed by atoms with van der Waals surface area (Å²) in [5, 5.41) is 10.5. The summed E-state index contributed by atoms with van der Waals surface area (Å²) in [6.45, 7) is 5.64. The minimum absolute atomic E-state index is 0.104. The monoisotopic (exact) mass is 350 g/mol. The number of piperazine rings is 1. The topological polar surface area (TPSA) is 56.9 Å². The molecule has 26 heavy (non-hydrogen) atoms. The average molecular weight is 350 g/mol. The third-order valence-electron chi connectivity index (χ3n) is 4.92. The Morgan fingerprint density at radius 2 is 1.58 bits per heavy atom. The Balaban J connectivity index is 1.43. The second kappa shape index (κ2) is 7.32. The van der Waals surface area contributed by atoms with E-state index >= 15 is 0 Å². The highest BCUT2D eigenvalue weighted by atomic mass is 16.4. The molecule has 5 heteroatoms. The number of phenolic OH excluding ortho intramolecular Hbond substituents is 1. The van der Waals surface area contributed by atoms with Gasteiger partial charge in [-0.25, -0.2) is 4.79 Å². The highest BCUT2D eigenvalue weighted by Gasteiger charge is 2.18. The molecule has 1 aromatic heterocycles. The average Bonchev–Trinajstić information content (AvgIpc) is 2.64. The van der Waals surface area contributed by atoms with Crippen LogP contribution in [0.2, 0.25) is 0 Å². The molecule has 1 fully saturated rings. The molecule has 1 aliphatic rings. The summed E-state index contributed by atoms with van der Waals surface area (Å²) in [6, 6.07) is 17.0. The summed E-state index contributed by atoms with van der Waals surface area (Å²) < 4.78 is 5.21. The number of hydrogen-bond donors (Lipinski definition) is 1. The highest BCUT2D eigenvalue weighted by Crippen LogP contribution is 2.23. The van der Waals surface area contributed by atoms with Gasteiger partial charge in [0, 0.05) is 56.8 Å². The van der Waals surface area contributed by atoms with Gasteiger partial charge >= 0.3 is 5.63 Å². The zero-order chi connectivity index (χ0) is 17.9. The van der Waals surface area contributed by atoms with Crippen molar-refractivity contribution in [2.75, 3.05) is 26.2 Å². The molecule has 0 spiro atoms. The van der Waals surface area contributed by atoms with Crippen LogP contribution in [-0.4, -0.2) is 41.1 Å². The number of hydrogen-bond acceptors (Lipinski definition) is 5. The summed E-state index contributed by atoms with van der Waals surface area (Å²) >= 11 is 0. The Kier molecular flexibility index (Phi) is 4.73. The molecular weight excluding hydrogens is 328 g/mol. The maximum Gasteiger partial charge on any atom is 0.336 e. The van der Waals surface area contributed by atoms with Gasteiger partial charge in [-0.15, -0.1) is 0 Å². The van der Waals surface area contributed by atoms with Crippen molar-refractivity contribution in [3.8, 4) is 5.75 Å². The Morgan fingerprint density at radius 3 is 2.31 bits per heavy atom. The number of benzene rings is 2. The first kappa shape index (κ1) is 16.8. The van der Waals surface area contributed by atoms with Crippen LogP contribution in [0, 0.1) is 0 Å². The fourth-order valence-electron chi connectivity index (χ4n) is 3.54. The molecule has 1 saturated heterocycles. The molecule has 134 valence electrons. The Labute approximate surface area is 152 Å². The maximum atomic E-state index is 11.8. The van der Waals surface area contributed by atoms with Crippen molar-refractivity contribution in [1.29, 1.82) is 0 Å². The van der Waals surface area contributed by atoms with Gasteiger partial charge in [0.05, 0.1) is 0 Å². The number of nitrogens with zero attached hydrogens (tertiary/aromatic N) is 2. The van der Waals surface area contributed by atoms with E-state index in [1.54, 1.807) is 12.1 Å². The molecule has 4 rings (SSSR count). The van der Waals surface area contributed by atoms with Gasteiger partial charge in [-0.05, 0) is 23.3 Å². The molecule has 0 amide bonds. The Morgan fingerprint density at radius 1 is 0.885 bits per heavy atom. The maximum absolute atomic E-state index is 11.8. The molecule has 2 heterocycles. The zero-order valence-electron chi connectivity index (χ0n) is 14.6. The predicted molar refractivity (Wildman–Crippen MR) is 101 cm³/mol. The molecule has 0 radical (unpaired) electrons. The Bertz CT molecular complexity index is 944. The standard InChI is InChI=1S/C21H22N2O3/c24-18-6-7-19-17(12-21(25)26-20(19)13-18)15-23-10-8-22(9-11-23)14-16-4-2-1-3-5-16/h1-7,12-13,24H,8-11,14-15H2. The van der Waals surface area contributed by atoms with Crippen LogP contribution in [0.25, 0.3) is 11.0 Å². The molecule has 1 aliphatic heterocycles. The van der Waals surface area contributed by atoms with Gasteiger partial charge < -0.3 is 9.52 Å². The van der Waals surface area contributed by atoms with E-state index in [1.807, 2.05) is 12.1 Å². The van der Waals surface area contributed by atoms with Crippen LogP contribution in [0.5, 0.6) is 5.75 Å². The Hall–Kier alpha value is -2.63. The molecule has 3 aromatic rings. The smallest absolute Gasteiger partial charge is 0.336 e. The summed E-state index contributed by atoms with van der Waals surface area (Å²) in [5.74, 6) is 0.104. The van der Waals surface area contributed by atoms with Gasteiger partial charge in [-0.3, -0.25) is 9.80 Å². The number of rotatable bonds is 4. The second-order valence-corrected chi connectivity index (χ2v) is 6.81. The van der Waals surface area contributed by atoms with Gasteiger partial charge in [0.25, 0.3) is 0 Å². The third-order valence-corrected chi connectivity index (χ3v) is 4.92. The quantitative estimate of drug-likeness (QED) is 0.733. The second-order valence-electron chi connectivity index (χ2n) is 6.81. The lowest BCUT2D eigenvalue weighted by Crippen LogP contribution is -2.45. The van der Waals surface area contributed by atoms with Crippen LogP contribution < -0.4 is 5.63 Å². The molecule has 0 unspecified atom stereocenters. The molecule has 0 bridgehead atoms. The molecule has 0 atom stereocenters. The minimum Gasteiger partial charge on any atom is -0.508 e. The van der Waals surface area contributed by atoms with Crippen molar-refractivity contribution < 1.29 is 9.52 Å². The highest BCUT2D eigenvalue weighted by molar-refractivity contribution is 5.81. The van der Waals surface area contributed by atoms with E-state index < -0.39 is 0 Å². The van der Waals surface area contributed by atoms with Gasteiger partial charge in [0.2, 0.25) is 0 Å². The SMILES string of the molecule is O=c1cc(CN2CCN(Cc3ccccc3)CC2)c2ccc(O)cc2o1. The predicted octanol–water partition coefficient (Wildman–Crippen LogP) is 2.82. The molecular formula is C21H22N2O3. The minimum atomic E-state index is -0.374. The summed E-state index contributed by atoms with van der Waals surface area (Å²) in [4.78, 5) is 16.7. The largest absolute Gasteiger partial charge is 0.508 e. The number of fused-ring (bicyclic) bond motifs is 1. The van der Waals surface area contributed by atoms with Crippen molar-refractivity contribution in [2.45, 2.75) is 13.1 Å². The zero-order valence-corrected chi connectivity index (χ0v) is 14.6. The van der Waals surface area contributed by atoms with E-state index in [1.165, 1.54) is 11.6 Å². The molecule has 2 aromatic carbocycles. The summed E-state index contributed by atoms with van der Waals surface area (Å²) in [5.41, 5.74) is 2.36. The van der Waals surface area contributed by atoms with E-state index in [9.17, 15) is 9.90 Å². The first-order valence-corrected chi connectivity index (χ1v) is 8.92. The third kappa shape index (κ3) is 3.79. The van der Waals surface area contributed by atoms with E-state index in [0.29, 0.717) is 12.1 Å². The first-order chi connectivity index (χ1) is 12.7. The van der Waals surface area contributed by atoms with Crippen LogP contribution in [0.4, 0.5) is 0 Å². The first-order valence-electron chi connectivity index (χ1n) is 8.92.